The molecule has 6 nitrogen and oxygen atoms in total. The molecular formula is C14H14ClN5OS. The number of hydrogen-bond acceptors (Lipinski definition) is 6. The van der Waals surface area contributed by atoms with Gasteiger partial charge in [0.1, 0.15) is 0 Å². The summed E-state index contributed by atoms with van der Waals surface area (Å²) in [5, 5.41) is 13.1. The lowest BCUT2D eigenvalue weighted by Crippen LogP contribution is -2.06. The minimum absolute atomic E-state index is 0.133. The number of rotatable bonds is 6. The number of nitrogens with zero attached hydrogens (tertiary/aromatic N) is 4. The van der Waals surface area contributed by atoms with Gasteiger partial charge in [0.15, 0.2) is 10.3 Å². The van der Waals surface area contributed by atoms with Gasteiger partial charge in [-0.25, -0.2) is 15.0 Å². The second-order valence-electron chi connectivity index (χ2n) is 4.48. The average Bonchev–Trinajstić information content (AvgIpc) is 3.17. The number of halogens is 1. The number of anilines is 1. The summed E-state index contributed by atoms with van der Waals surface area (Å²) < 4.78 is 1.90. The van der Waals surface area contributed by atoms with Gasteiger partial charge in [-0.05, 0) is 24.6 Å². The van der Waals surface area contributed by atoms with E-state index in [2.05, 4.69) is 20.3 Å². The fraction of sp³-hybridized carbons (Fsp3) is 0.214. The molecule has 0 bridgehead atoms. The lowest BCUT2D eigenvalue weighted by Gasteiger charge is -2.04. The molecule has 0 atom stereocenters. The van der Waals surface area contributed by atoms with Gasteiger partial charge >= 0.3 is 0 Å². The third-order valence-electron chi connectivity index (χ3n) is 2.91. The van der Waals surface area contributed by atoms with E-state index in [0.717, 1.165) is 15.7 Å². The van der Waals surface area contributed by atoms with Crippen LogP contribution in [-0.4, -0.2) is 37.8 Å². The van der Waals surface area contributed by atoms with E-state index in [0.29, 0.717) is 24.1 Å². The highest BCUT2D eigenvalue weighted by Gasteiger charge is 2.14. The Kier molecular flexibility index (Phi) is 4.67. The molecule has 0 spiro atoms. The van der Waals surface area contributed by atoms with E-state index in [-0.39, 0.29) is 6.61 Å². The Balaban J connectivity index is 1.86. The van der Waals surface area contributed by atoms with Crippen molar-refractivity contribution in [2.45, 2.75) is 6.42 Å². The molecule has 114 valence electrons. The molecule has 3 aromatic rings. The summed E-state index contributed by atoms with van der Waals surface area (Å²) in [6.07, 6.45) is 6.16. The van der Waals surface area contributed by atoms with E-state index < -0.39 is 0 Å². The SMILES string of the molecule is OCCCNc1nccc(-c2sc(-n3cccc3)nc2Cl)n1. The molecule has 0 amide bonds. The van der Waals surface area contributed by atoms with E-state index in [1.807, 2.05) is 29.1 Å². The van der Waals surface area contributed by atoms with Crippen LogP contribution in [0.15, 0.2) is 36.8 Å². The number of nitrogens with one attached hydrogen (secondary N) is 1. The van der Waals surface area contributed by atoms with E-state index in [4.69, 9.17) is 16.7 Å². The fourth-order valence-corrected chi connectivity index (χ4v) is 3.11. The van der Waals surface area contributed by atoms with Crippen LogP contribution in [0.5, 0.6) is 0 Å². The van der Waals surface area contributed by atoms with Crippen molar-refractivity contribution in [1.29, 1.82) is 0 Å². The number of aliphatic hydroxyl groups excluding tert-OH is 1. The summed E-state index contributed by atoms with van der Waals surface area (Å²) in [7, 11) is 0. The molecule has 0 aliphatic heterocycles. The maximum atomic E-state index is 8.80. The first-order valence-corrected chi connectivity index (χ1v) is 7.95. The smallest absolute Gasteiger partial charge is 0.223 e. The zero-order valence-electron chi connectivity index (χ0n) is 11.6. The standard InChI is InChI=1S/C14H14ClN5OS/c15-12-11(22-14(19-12)20-7-1-2-8-20)10-4-6-17-13(18-10)16-5-3-9-21/h1-2,4,6-8,21H,3,5,9H2,(H,16,17,18). The van der Waals surface area contributed by atoms with Crippen LogP contribution in [0.25, 0.3) is 15.7 Å². The van der Waals surface area contributed by atoms with E-state index in [1.165, 1.54) is 11.3 Å². The third-order valence-corrected chi connectivity index (χ3v) is 4.38. The number of hydrogen-bond donors (Lipinski definition) is 2. The molecular weight excluding hydrogens is 322 g/mol. The topological polar surface area (TPSA) is 75.9 Å². The van der Waals surface area contributed by atoms with Gasteiger partial charge in [0.05, 0.1) is 10.6 Å². The second kappa shape index (κ2) is 6.87. The largest absolute Gasteiger partial charge is 0.396 e. The van der Waals surface area contributed by atoms with Gasteiger partial charge in [0.2, 0.25) is 5.95 Å². The van der Waals surface area contributed by atoms with Crippen molar-refractivity contribution < 1.29 is 5.11 Å². The molecule has 3 heterocycles. The summed E-state index contributed by atoms with van der Waals surface area (Å²) >= 11 is 7.72. The lowest BCUT2D eigenvalue weighted by molar-refractivity contribution is 0.292. The van der Waals surface area contributed by atoms with Crippen LogP contribution < -0.4 is 5.32 Å². The van der Waals surface area contributed by atoms with Gasteiger partial charge in [-0.15, -0.1) is 0 Å². The Bertz CT molecular complexity index is 744. The van der Waals surface area contributed by atoms with Gasteiger partial charge in [-0.2, -0.15) is 0 Å². The molecule has 2 N–H and O–H groups in total. The van der Waals surface area contributed by atoms with E-state index in [1.54, 1.807) is 12.3 Å². The lowest BCUT2D eigenvalue weighted by atomic mass is 10.3. The summed E-state index contributed by atoms with van der Waals surface area (Å²) in [5.41, 5.74) is 0.724. The molecule has 0 fully saturated rings. The second-order valence-corrected chi connectivity index (χ2v) is 5.81. The molecule has 0 aromatic carbocycles. The van der Waals surface area contributed by atoms with E-state index >= 15 is 0 Å². The third kappa shape index (κ3) is 3.27. The first-order chi connectivity index (χ1) is 10.8. The Labute approximate surface area is 136 Å². The Morgan fingerprint density at radius 3 is 2.86 bits per heavy atom. The highest BCUT2D eigenvalue weighted by molar-refractivity contribution is 7.18. The Morgan fingerprint density at radius 1 is 1.27 bits per heavy atom. The van der Waals surface area contributed by atoms with Crippen molar-refractivity contribution in [2.75, 3.05) is 18.5 Å². The van der Waals surface area contributed by atoms with Crippen LogP contribution in [0.3, 0.4) is 0 Å². The zero-order chi connectivity index (χ0) is 15.4. The van der Waals surface area contributed by atoms with Gasteiger partial charge in [-0.1, -0.05) is 22.9 Å². The summed E-state index contributed by atoms with van der Waals surface area (Å²) in [5.74, 6) is 0.512. The van der Waals surface area contributed by atoms with Gasteiger partial charge in [0.25, 0.3) is 0 Å². The van der Waals surface area contributed by atoms with Crippen molar-refractivity contribution in [3.8, 4) is 15.7 Å². The normalized spacial score (nSPS) is 10.8. The van der Waals surface area contributed by atoms with Crippen LogP contribution in [0, 0.1) is 0 Å². The highest BCUT2D eigenvalue weighted by atomic mass is 35.5. The van der Waals surface area contributed by atoms with Gasteiger partial charge in [0, 0.05) is 31.7 Å². The van der Waals surface area contributed by atoms with Crippen molar-refractivity contribution in [3.05, 3.63) is 41.9 Å². The maximum Gasteiger partial charge on any atom is 0.223 e. The molecule has 3 aromatic heterocycles. The predicted molar refractivity (Wildman–Crippen MR) is 87.7 cm³/mol. The van der Waals surface area contributed by atoms with Gasteiger partial charge in [-0.3, -0.25) is 0 Å². The van der Waals surface area contributed by atoms with Crippen LogP contribution in [-0.2, 0) is 0 Å². The van der Waals surface area contributed by atoms with Crippen molar-refractivity contribution in [3.63, 3.8) is 0 Å². The molecule has 0 unspecified atom stereocenters. The van der Waals surface area contributed by atoms with Crippen LogP contribution >= 0.6 is 22.9 Å². The maximum absolute atomic E-state index is 8.80. The molecule has 0 aliphatic rings. The molecule has 8 heteroatoms. The quantitative estimate of drug-likeness (QED) is 0.677. The van der Waals surface area contributed by atoms with E-state index in [9.17, 15) is 0 Å². The van der Waals surface area contributed by atoms with Crippen LogP contribution in [0.2, 0.25) is 5.15 Å². The number of aromatic nitrogens is 4. The summed E-state index contributed by atoms with van der Waals surface area (Å²) in [6.45, 7) is 0.749. The van der Waals surface area contributed by atoms with Crippen LogP contribution in [0.4, 0.5) is 5.95 Å². The minimum Gasteiger partial charge on any atom is -0.396 e. The first kappa shape index (κ1) is 15.0. The zero-order valence-corrected chi connectivity index (χ0v) is 13.2. The average molecular weight is 336 g/mol. The Morgan fingerprint density at radius 2 is 2.09 bits per heavy atom. The minimum atomic E-state index is 0.133. The molecule has 0 saturated heterocycles. The summed E-state index contributed by atoms with van der Waals surface area (Å²) in [4.78, 5) is 13.8. The van der Waals surface area contributed by atoms with Crippen molar-refractivity contribution in [1.82, 2.24) is 19.5 Å². The van der Waals surface area contributed by atoms with Crippen molar-refractivity contribution >= 4 is 28.9 Å². The monoisotopic (exact) mass is 335 g/mol. The van der Waals surface area contributed by atoms with Gasteiger partial charge < -0.3 is 15.0 Å². The van der Waals surface area contributed by atoms with Crippen LogP contribution in [0.1, 0.15) is 6.42 Å². The molecule has 0 radical (unpaired) electrons. The first-order valence-electron chi connectivity index (χ1n) is 6.76. The molecule has 22 heavy (non-hydrogen) atoms. The number of thiazole rings is 1. The Hall–Kier alpha value is -1.96. The number of aliphatic hydroxyl groups is 1. The van der Waals surface area contributed by atoms with Crippen molar-refractivity contribution in [2.24, 2.45) is 0 Å². The molecule has 0 aliphatic carbocycles. The molecule has 3 rings (SSSR count). The summed E-state index contributed by atoms with van der Waals surface area (Å²) in [6, 6.07) is 5.67. The molecule has 0 saturated carbocycles. The fourth-order valence-electron chi connectivity index (χ4n) is 1.87. The highest BCUT2D eigenvalue weighted by Crippen LogP contribution is 2.34. The predicted octanol–water partition coefficient (Wildman–Crippen LogP) is 2.84.